The van der Waals surface area contributed by atoms with Gasteiger partial charge >= 0.3 is 11.9 Å². The second kappa shape index (κ2) is 7.77. The normalized spacial score (nSPS) is 11.6. The molecule has 10 heteroatoms. The van der Waals surface area contributed by atoms with E-state index in [0.717, 1.165) is 28.8 Å². The Morgan fingerprint density at radius 1 is 1.03 bits per heavy atom. The summed E-state index contributed by atoms with van der Waals surface area (Å²) in [7, 11) is 1.19. The number of aromatic nitrogens is 2. The van der Waals surface area contributed by atoms with Crippen molar-refractivity contribution in [2.75, 3.05) is 7.11 Å². The van der Waals surface area contributed by atoms with Gasteiger partial charge in [-0.3, -0.25) is 9.36 Å². The van der Waals surface area contributed by atoms with Crippen LogP contribution in [0.4, 0.5) is 22.0 Å². The lowest BCUT2D eigenvalue weighted by atomic mass is 10.1. The van der Waals surface area contributed by atoms with Crippen LogP contribution in [-0.2, 0) is 12.7 Å². The van der Waals surface area contributed by atoms with Crippen molar-refractivity contribution in [2.24, 2.45) is 0 Å². The predicted molar refractivity (Wildman–Crippen MR) is 98.1 cm³/mol. The molecule has 30 heavy (non-hydrogen) atoms. The second-order valence-corrected chi connectivity index (χ2v) is 6.39. The first-order valence-corrected chi connectivity index (χ1v) is 8.57. The van der Waals surface area contributed by atoms with Gasteiger partial charge in [-0.2, -0.15) is 13.2 Å². The van der Waals surface area contributed by atoms with E-state index in [0.29, 0.717) is 10.6 Å². The van der Waals surface area contributed by atoms with Gasteiger partial charge in [-0.1, -0.05) is 12.1 Å². The lowest BCUT2D eigenvalue weighted by molar-refractivity contribution is -0.138. The number of benzene rings is 2. The first-order chi connectivity index (χ1) is 14.1. The van der Waals surface area contributed by atoms with Crippen molar-refractivity contribution in [1.82, 2.24) is 9.13 Å². The van der Waals surface area contributed by atoms with E-state index < -0.39 is 52.4 Å². The zero-order chi connectivity index (χ0) is 22.2. The number of halogens is 5. The van der Waals surface area contributed by atoms with Crippen molar-refractivity contribution in [3.63, 3.8) is 0 Å². The summed E-state index contributed by atoms with van der Waals surface area (Å²) in [6.07, 6.45) is -4.86. The van der Waals surface area contributed by atoms with E-state index in [2.05, 4.69) is 0 Å². The highest BCUT2D eigenvalue weighted by molar-refractivity contribution is 5.41. The molecule has 0 amide bonds. The van der Waals surface area contributed by atoms with Crippen molar-refractivity contribution in [1.29, 1.82) is 0 Å². The van der Waals surface area contributed by atoms with E-state index >= 15 is 0 Å². The molecule has 2 aromatic carbocycles. The number of nitrogens with zero attached hydrogens (tertiary/aromatic N) is 2. The molecule has 0 saturated carbocycles. The van der Waals surface area contributed by atoms with Gasteiger partial charge < -0.3 is 4.74 Å². The van der Waals surface area contributed by atoms with Crippen LogP contribution in [0.1, 0.15) is 16.8 Å². The Labute approximate surface area is 166 Å². The van der Waals surface area contributed by atoms with Crippen LogP contribution in [0.3, 0.4) is 0 Å². The molecule has 3 aromatic rings. The number of hydrogen-bond acceptors (Lipinski definition) is 3. The number of ether oxygens (including phenoxy) is 1. The second-order valence-electron chi connectivity index (χ2n) is 6.39. The summed E-state index contributed by atoms with van der Waals surface area (Å²) in [6, 6.07) is 7.14. The molecule has 1 aromatic heterocycles. The third kappa shape index (κ3) is 3.72. The van der Waals surface area contributed by atoms with E-state index in [1.54, 1.807) is 0 Å². The van der Waals surface area contributed by atoms with Crippen LogP contribution in [0, 0.1) is 18.6 Å². The van der Waals surface area contributed by atoms with Gasteiger partial charge in [-0.05, 0) is 31.2 Å². The fraction of sp³-hybridized carbons (Fsp3) is 0.200. The summed E-state index contributed by atoms with van der Waals surface area (Å²) >= 11 is 0. The predicted octanol–water partition coefficient (Wildman–Crippen LogP) is 3.66. The number of rotatable bonds is 4. The highest BCUT2D eigenvalue weighted by Gasteiger charge is 2.34. The smallest absolute Gasteiger partial charge is 0.416 e. The summed E-state index contributed by atoms with van der Waals surface area (Å²) in [5, 5.41) is 0. The van der Waals surface area contributed by atoms with E-state index in [4.69, 9.17) is 4.74 Å². The third-order valence-electron chi connectivity index (χ3n) is 4.54. The minimum absolute atomic E-state index is 0.0130. The van der Waals surface area contributed by atoms with Gasteiger partial charge in [0.1, 0.15) is 5.82 Å². The molecule has 0 bridgehead atoms. The molecule has 0 atom stereocenters. The number of hydrogen-bond donors (Lipinski definition) is 0. The SMILES string of the molecule is COc1cccc(-n2c(=O)cc(C)n(Cc3c(F)cccc3C(F)(F)F)c2=O)c1F. The largest absolute Gasteiger partial charge is 0.494 e. The lowest BCUT2D eigenvalue weighted by Crippen LogP contribution is -2.40. The van der Waals surface area contributed by atoms with Crippen LogP contribution in [0.15, 0.2) is 52.1 Å². The lowest BCUT2D eigenvalue weighted by Gasteiger charge is -2.18. The molecule has 5 nitrogen and oxygen atoms in total. The minimum Gasteiger partial charge on any atom is -0.494 e. The fourth-order valence-electron chi connectivity index (χ4n) is 3.07. The minimum atomic E-state index is -4.86. The van der Waals surface area contributed by atoms with Crippen molar-refractivity contribution in [3.05, 3.63) is 91.8 Å². The molecule has 0 aliphatic carbocycles. The van der Waals surface area contributed by atoms with E-state index in [9.17, 15) is 31.5 Å². The molecule has 1 heterocycles. The molecule has 0 aliphatic heterocycles. The maximum Gasteiger partial charge on any atom is 0.416 e. The summed E-state index contributed by atoms with van der Waals surface area (Å²) in [5.74, 6) is -2.41. The van der Waals surface area contributed by atoms with Gasteiger partial charge in [0.25, 0.3) is 5.56 Å². The van der Waals surface area contributed by atoms with E-state index in [1.807, 2.05) is 0 Å². The number of methoxy groups -OCH3 is 1. The standard InChI is InChI=1S/C20H15F5N2O3/c1-11-9-17(28)27(15-7-4-8-16(30-2)18(15)22)19(29)26(11)10-12-13(20(23,24)25)5-3-6-14(12)21/h3-9H,10H2,1-2H3. The highest BCUT2D eigenvalue weighted by Crippen LogP contribution is 2.33. The van der Waals surface area contributed by atoms with Crippen molar-refractivity contribution < 1.29 is 26.7 Å². The maximum absolute atomic E-state index is 14.6. The van der Waals surface area contributed by atoms with Crippen molar-refractivity contribution >= 4 is 0 Å². The zero-order valence-electron chi connectivity index (χ0n) is 15.8. The number of alkyl halides is 3. The maximum atomic E-state index is 14.6. The first kappa shape index (κ1) is 21.3. The Kier molecular flexibility index (Phi) is 5.51. The van der Waals surface area contributed by atoms with Crippen LogP contribution in [0.5, 0.6) is 5.75 Å². The Morgan fingerprint density at radius 3 is 2.33 bits per heavy atom. The van der Waals surface area contributed by atoms with E-state index in [1.165, 1.54) is 26.2 Å². The van der Waals surface area contributed by atoms with Crippen LogP contribution < -0.4 is 16.0 Å². The van der Waals surface area contributed by atoms with Crippen molar-refractivity contribution in [2.45, 2.75) is 19.6 Å². The Bertz CT molecular complexity index is 1230. The quantitative estimate of drug-likeness (QED) is 0.599. The fourth-order valence-corrected chi connectivity index (χ4v) is 3.07. The van der Waals surface area contributed by atoms with Crippen LogP contribution in [-0.4, -0.2) is 16.2 Å². The third-order valence-corrected chi connectivity index (χ3v) is 4.54. The van der Waals surface area contributed by atoms with Gasteiger partial charge in [0, 0.05) is 17.3 Å². The summed E-state index contributed by atoms with van der Waals surface area (Å²) in [6.45, 7) is 0.501. The average Bonchev–Trinajstić information content (AvgIpc) is 2.66. The molecule has 0 spiro atoms. The first-order valence-electron chi connectivity index (χ1n) is 8.57. The van der Waals surface area contributed by atoms with Gasteiger partial charge in [0.05, 0.1) is 24.9 Å². The molecule has 158 valence electrons. The van der Waals surface area contributed by atoms with Gasteiger partial charge in [0.2, 0.25) is 0 Å². The van der Waals surface area contributed by atoms with E-state index in [-0.39, 0.29) is 11.4 Å². The topological polar surface area (TPSA) is 53.2 Å². The summed E-state index contributed by atoms with van der Waals surface area (Å²) in [5.41, 5.74) is -4.50. The molecule has 0 fully saturated rings. The molecule has 0 aliphatic rings. The van der Waals surface area contributed by atoms with Gasteiger partial charge in [0.15, 0.2) is 11.6 Å². The molecule has 0 N–H and O–H groups in total. The zero-order valence-corrected chi connectivity index (χ0v) is 15.8. The van der Waals surface area contributed by atoms with Crippen molar-refractivity contribution in [3.8, 4) is 11.4 Å². The molecule has 0 radical (unpaired) electrons. The Balaban J connectivity index is 2.25. The van der Waals surface area contributed by atoms with Gasteiger partial charge in [-0.15, -0.1) is 0 Å². The molecular formula is C20H15F5N2O3. The molecule has 0 saturated heterocycles. The Morgan fingerprint density at radius 2 is 1.70 bits per heavy atom. The average molecular weight is 426 g/mol. The molecule has 0 unspecified atom stereocenters. The Hall–Kier alpha value is -3.43. The molecular weight excluding hydrogens is 411 g/mol. The highest BCUT2D eigenvalue weighted by atomic mass is 19.4. The monoisotopic (exact) mass is 426 g/mol. The van der Waals surface area contributed by atoms with Gasteiger partial charge in [-0.25, -0.2) is 18.1 Å². The van der Waals surface area contributed by atoms with Crippen LogP contribution in [0.25, 0.3) is 5.69 Å². The van der Waals surface area contributed by atoms with Crippen LogP contribution in [0.2, 0.25) is 0 Å². The van der Waals surface area contributed by atoms with Crippen LogP contribution >= 0.6 is 0 Å². The number of aryl methyl sites for hydroxylation is 1. The molecule has 3 rings (SSSR count). The summed E-state index contributed by atoms with van der Waals surface area (Å²) < 4.78 is 74.8. The summed E-state index contributed by atoms with van der Waals surface area (Å²) in [4.78, 5) is 25.4.